The van der Waals surface area contributed by atoms with E-state index in [1.54, 1.807) is 0 Å². The van der Waals surface area contributed by atoms with Crippen molar-refractivity contribution in [3.05, 3.63) is 36.0 Å². The average Bonchev–Trinajstić information content (AvgIpc) is 2.78. The highest BCUT2D eigenvalue weighted by Crippen LogP contribution is 2.23. The van der Waals surface area contributed by atoms with Gasteiger partial charge in [-0.25, -0.2) is 0 Å². The van der Waals surface area contributed by atoms with E-state index in [4.69, 9.17) is 0 Å². The lowest BCUT2D eigenvalue weighted by Gasteiger charge is -2.25. The summed E-state index contributed by atoms with van der Waals surface area (Å²) in [6, 6.07) is 9.04. The van der Waals surface area contributed by atoms with Crippen LogP contribution < -0.4 is 10.6 Å². The fourth-order valence-electron chi connectivity index (χ4n) is 2.29. The maximum atomic E-state index is 3.54. The van der Waals surface area contributed by atoms with Crippen LogP contribution in [-0.2, 0) is 0 Å². The van der Waals surface area contributed by atoms with E-state index in [9.17, 15) is 0 Å². The third-order valence-electron chi connectivity index (χ3n) is 3.05. The summed E-state index contributed by atoms with van der Waals surface area (Å²) in [5, 5.41) is 8.29. The average molecular weight is 201 g/mol. The van der Waals surface area contributed by atoms with E-state index in [2.05, 4.69) is 39.9 Å². The number of nitrogens with one attached hydrogen (secondary N) is 3. The summed E-state index contributed by atoms with van der Waals surface area (Å²) in [7, 11) is 0. The van der Waals surface area contributed by atoms with Gasteiger partial charge in [0.25, 0.3) is 0 Å². The summed E-state index contributed by atoms with van der Waals surface area (Å²) < 4.78 is 0. The second-order valence-corrected chi connectivity index (χ2v) is 4.00. The molecule has 3 N–H and O–H groups in total. The van der Waals surface area contributed by atoms with Crippen molar-refractivity contribution in [3.8, 4) is 0 Å². The standard InChI is InChI=1S/C12H15N3/c1-2-9(12-8-13-6-7-15-12)10-4-5-14-11(10)3-1/h1-5,12-15H,6-8H2/t12-/m0/s1. The number of piperazine rings is 1. The predicted octanol–water partition coefficient (Wildman–Crippen LogP) is 1.40. The van der Waals surface area contributed by atoms with Gasteiger partial charge in [0.05, 0.1) is 0 Å². The Morgan fingerprint density at radius 1 is 1.13 bits per heavy atom. The number of hydrogen-bond acceptors (Lipinski definition) is 2. The molecule has 78 valence electrons. The molecular weight excluding hydrogens is 186 g/mol. The first kappa shape index (κ1) is 8.95. The van der Waals surface area contributed by atoms with Gasteiger partial charge in [-0.2, -0.15) is 0 Å². The SMILES string of the molecule is c1cc([C@@H]2CNCCN2)c2cc[nH]c2c1. The van der Waals surface area contributed by atoms with Crippen LogP contribution in [0.5, 0.6) is 0 Å². The van der Waals surface area contributed by atoms with Crippen LogP contribution in [0.2, 0.25) is 0 Å². The zero-order chi connectivity index (χ0) is 10.1. The minimum Gasteiger partial charge on any atom is -0.361 e. The third kappa shape index (κ3) is 1.54. The minimum absolute atomic E-state index is 0.443. The second-order valence-electron chi connectivity index (χ2n) is 4.00. The summed E-state index contributed by atoms with van der Waals surface area (Å²) in [5.74, 6) is 0. The van der Waals surface area contributed by atoms with Gasteiger partial charge in [-0.1, -0.05) is 12.1 Å². The zero-order valence-electron chi connectivity index (χ0n) is 8.59. The largest absolute Gasteiger partial charge is 0.361 e. The molecule has 1 saturated heterocycles. The van der Waals surface area contributed by atoms with Crippen molar-refractivity contribution in [2.45, 2.75) is 6.04 Å². The molecule has 0 radical (unpaired) electrons. The Bertz CT molecular complexity index is 455. The predicted molar refractivity (Wildman–Crippen MR) is 61.9 cm³/mol. The van der Waals surface area contributed by atoms with Crippen LogP contribution in [0.3, 0.4) is 0 Å². The van der Waals surface area contributed by atoms with Gasteiger partial charge in [0.1, 0.15) is 0 Å². The molecule has 0 bridgehead atoms. The Morgan fingerprint density at radius 3 is 3.00 bits per heavy atom. The normalized spacial score (nSPS) is 22.0. The highest BCUT2D eigenvalue weighted by Gasteiger charge is 2.16. The number of aromatic nitrogens is 1. The molecule has 0 spiro atoms. The fourth-order valence-corrected chi connectivity index (χ4v) is 2.29. The van der Waals surface area contributed by atoms with E-state index in [0.29, 0.717) is 6.04 Å². The monoisotopic (exact) mass is 201 g/mol. The Hall–Kier alpha value is -1.32. The smallest absolute Gasteiger partial charge is 0.0457 e. The van der Waals surface area contributed by atoms with E-state index in [1.165, 1.54) is 16.5 Å². The van der Waals surface area contributed by atoms with E-state index < -0.39 is 0 Å². The molecule has 1 aliphatic rings. The summed E-state index contributed by atoms with van der Waals surface area (Å²) in [6.07, 6.45) is 2.00. The van der Waals surface area contributed by atoms with Crippen molar-refractivity contribution in [1.82, 2.24) is 15.6 Å². The molecule has 3 heteroatoms. The molecule has 1 atom stereocenters. The fraction of sp³-hybridized carbons (Fsp3) is 0.333. The lowest BCUT2D eigenvalue weighted by Crippen LogP contribution is -2.42. The van der Waals surface area contributed by atoms with Crippen molar-refractivity contribution in [2.75, 3.05) is 19.6 Å². The van der Waals surface area contributed by atoms with Gasteiger partial charge in [0, 0.05) is 42.8 Å². The summed E-state index contributed by atoms with van der Waals surface area (Å²) in [6.45, 7) is 3.13. The molecular formula is C12H15N3. The van der Waals surface area contributed by atoms with Crippen LogP contribution in [0, 0.1) is 0 Å². The minimum atomic E-state index is 0.443. The lowest BCUT2D eigenvalue weighted by molar-refractivity contribution is 0.432. The molecule has 0 amide bonds. The molecule has 2 heterocycles. The Kier molecular flexibility index (Phi) is 2.19. The van der Waals surface area contributed by atoms with E-state index in [-0.39, 0.29) is 0 Å². The van der Waals surface area contributed by atoms with Crippen LogP contribution in [0.1, 0.15) is 11.6 Å². The molecule has 0 aliphatic carbocycles. The van der Waals surface area contributed by atoms with Gasteiger partial charge in [0.2, 0.25) is 0 Å². The number of H-pyrrole nitrogens is 1. The Labute approximate surface area is 88.9 Å². The molecule has 0 unspecified atom stereocenters. The highest BCUT2D eigenvalue weighted by atomic mass is 15.1. The topological polar surface area (TPSA) is 39.8 Å². The number of fused-ring (bicyclic) bond motifs is 1. The van der Waals surface area contributed by atoms with Crippen molar-refractivity contribution < 1.29 is 0 Å². The number of benzene rings is 1. The Morgan fingerprint density at radius 2 is 2.13 bits per heavy atom. The summed E-state index contributed by atoms with van der Waals surface area (Å²) in [5.41, 5.74) is 2.61. The van der Waals surface area contributed by atoms with Crippen molar-refractivity contribution in [1.29, 1.82) is 0 Å². The van der Waals surface area contributed by atoms with Crippen LogP contribution in [-0.4, -0.2) is 24.6 Å². The molecule has 15 heavy (non-hydrogen) atoms. The van der Waals surface area contributed by atoms with Crippen molar-refractivity contribution in [3.63, 3.8) is 0 Å². The first-order valence-corrected chi connectivity index (χ1v) is 5.45. The number of hydrogen-bond donors (Lipinski definition) is 3. The van der Waals surface area contributed by atoms with Crippen molar-refractivity contribution in [2.24, 2.45) is 0 Å². The molecule has 0 saturated carbocycles. The first-order chi connectivity index (χ1) is 7.45. The molecule has 1 aromatic heterocycles. The maximum absolute atomic E-state index is 3.54. The second kappa shape index (κ2) is 3.68. The molecule has 1 aromatic carbocycles. The maximum Gasteiger partial charge on any atom is 0.0457 e. The van der Waals surface area contributed by atoms with Gasteiger partial charge in [-0.3, -0.25) is 0 Å². The van der Waals surface area contributed by atoms with E-state index in [0.717, 1.165) is 19.6 Å². The van der Waals surface area contributed by atoms with Gasteiger partial charge >= 0.3 is 0 Å². The Balaban J connectivity index is 2.05. The number of rotatable bonds is 1. The van der Waals surface area contributed by atoms with Crippen LogP contribution in [0.25, 0.3) is 10.9 Å². The van der Waals surface area contributed by atoms with Crippen LogP contribution >= 0.6 is 0 Å². The summed E-state index contributed by atoms with van der Waals surface area (Å²) >= 11 is 0. The number of aromatic amines is 1. The molecule has 3 nitrogen and oxygen atoms in total. The lowest BCUT2D eigenvalue weighted by atomic mass is 10.0. The van der Waals surface area contributed by atoms with Gasteiger partial charge in [-0.15, -0.1) is 0 Å². The highest BCUT2D eigenvalue weighted by molar-refractivity contribution is 5.83. The van der Waals surface area contributed by atoms with E-state index in [1.807, 2.05) is 6.20 Å². The van der Waals surface area contributed by atoms with Gasteiger partial charge in [0.15, 0.2) is 0 Å². The quantitative estimate of drug-likeness (QED) is 0.652. The van der Waals surface area contributed by atoms with Crippen LogP contribution in [0.4, 0.5) is 0 Å². The molecule has 2 aromatic rings. The van der Waals surface area contributed by atoms with Gasteiger partial charge in [-0.05, 0) is 17.7 Å². The van der Waals surface area contributed by atoms with Crippen LogP contribution in [0.15, 0.2) is 30.5 Å². The third-order valence-corrected chi connectivity index (χ3v) is 3.05. The first-order valence-electron chi connectivity index (χ1n) is 5.45. The summed E-state index contributed by atoms with van der Waals surface area (Å²) in [4.78, 5) is 3.25. The van der Waals surface area contributed by atoms with E-state index >= 15 is 0 Å². The molecule has 1 fully saturated rings. The van der Waals surface area contributed by atoms with Gasteiger partial charge < -0.3 is 15.6 Å². The molecule has 3 rings (SSSR count). The van der Waals surface area contributed by atoms with Crippen molar-refractivity contribution >= 4 is 10.9 Å². The zero-order valence-corrected chi connectivity index (χ0v) is 8.59. The molecule has 1 aliphatic heterocycles.